The summed E-state index contributed by atoms with van der Waals surface area (Å²) in [5, 5.41) is 0. The summed E-state index contributed by atoms with van der Waals surface area (Å²) in [5.41, 5.74) is 1.75. The zero-order valence-electron chi connectivity index (χ0n) is 7.24. The van der Waals surface area contributed by atoms with Gasteiger partial charge in [0.2, 0.25) is 0 Å². The van der Waals surface area contributed by atoms with Gasteiger partial charge in [-0.25, -0.2) is 4.39 Å². The summed E-state index contributed by atoms with van der Waals surface area (Å²) < 4.78 is 13.6. The number of alkyl halides is 1. The molecule has 1 aliphatic rings. The number of halogens is 1. The highest BCUT2D eigenvalue weighted by Gasteiger charge is 2.28. The van der Waals surface area contributed by atoms with Gasteiger partial charge < -0.3 is 4.79 Å². The van der Waals surface area contributed by atoms with Crippen molar-refractivity contribution in [3.8, 4) is 0 Å². The molecule has 0 aliphatic heterocycles. The van der Waals surface area contributed by atoms with E-state index >= 15 is 0 Å². The number of benzene rings is 1. The molecular weight excluding hydrogens is 167 g/mol. The molecule has 0 bridgehead atoms. The van der Waals surface area contributed by atoms with Crippen molar-refractivity contribution in [3.05, 3.63) is 35.4 Å². The summed E-state index contributed by atoms with van der Waals surface area (Å²) in [7, 11) is 0. The molecule has 2 rings (SSSR count). The minimum absolute atomic E-state index is 0.435. The maximum absolute atomic E-state index is 13.6. The third kappa shape index (κ3) is 1.37. The minimum atomic E-state index is -1.09. The second-order valence-corrected chi connectivity index (χ2v) is 3.44. The van der Waals surface area contributed by atoms with Gasteiger partial charge in [-0.1, -0.05) is 24.3 Å². The van der Waals surface area contributed by atoms with Crippen molar-refractivity contribution >= 4 is 6.29 Å². The van der Waals surface area contributed by atoms with E-state index in [9.17, 15) is 9.18 Å². The number of carbonyl (C=O) groups excluding carboxylic acids is 1. The molecule has 0 saturated carbocycles. The molecule has 1 nitrogen and oxygen atoms in total. The molecule has 0 aromatic heterocycles. The van der Waals surface area contributed by atoms with Crippen LogP contribution in [0.25, 0.3) is 0 Å². The molecule has 0 fully saturated rings. The van der Waals surface area contributed by atoms with Gasteiger partial charge in [-0.15, -0.1) is 0 Å². The van der Waals surface area contributed by atoms with Gasteiger partial charge in [-0.2, -0.15) is 0 Å². The van der Waals surface area contributed by atoms with Crippen molar-refractivity contribution in [3.63, 3.8) is 0 Å². The lowest BCUT2D eigenvalue weighted by Gasteiger charge is -2.24. The molecule has 0 amide bonds. The van der Waals surface area contributed by atoms with E-state index in [1.807, 2.05) is 18.2 Å². The third-order valence-corrected chi connectivity index (χ3v) is 2.65. The number of hydrogen-bond donors (Lipinski definition) is 0. The molecule has 0 spiro atoms. The standard InChI is InChI=1S/C11H11FO/c12-11-9(7-13)6-5-8-3-1-2-4-10(8)11/h1-4,7,9,11H,5-6H2. The molecule has 0 radical (unpaired) electrons. The van der Waals surface area contributed by atoms with E-state index in [0.717, 1.165) is 18.3 Å². The molecule has 1 aliphatic carbocycles. The highest BCUT2D eigenvalue weighted by molar-refractivity contribution is 5.57. The normalized spacial score (nSPS) is 26.5. The summed E-state index contributed by atoms with van der Waals surface area (Å²) in [6.07, 6.45) is 1.10. The SMILES string of the molecule is O=CC1CCc2ccccc2C1F. The maximum Gasteiger partial charge on any atom is 0.135 e. The molecule has 2 heteroatoms. The van der Waals surface area contributed by atoms with Gasteiger partial charge in [0.15, 0.2) is 0 Å². The molecule has 0 heterocycles. The van der Waals surface area contributed by atoms with E-state index in [2.05, 4.69) is 0 Å². The summed E-state index contributed by atoms with van der Waals surface area (Å²) >= 11 is 0. The van der Waals surface area contributed by atoms with Crippen LogP contribution in [0, 0.1) is 5.92 Å². The Labute approximate surface area is 76.6 Å². The number of carbonyl (C=O) groups is 1. The average molecular weight is 178 g/mol. The van der Waals surface area contributed by atoms with E-state index in [1.54, 1.807) is 6.07 Å². The quantitative estimate of drug-likeness (QED) is 0.604. The Morgan fingerprint density at radius 1 is 1.38 bits per heavy atom. The van der Waals surface area contributed by atoms with Gasteiger partial charge in [0.05, 0.1) is 5.92 Å². The molecule has 13 heavy (non-hydrogen) atoms. The fourth-order valence-electron chi connectivity index (χ4n) is 1.87. The largest absolute Gasteiger partial charge is 0.303 e. The van der Waals surface area contributed by atoms with Crippen molar-refractivity contribution < 1.29 is 9.18 Å². The average Bonchev–Trinajstić information content (AvgIpc) is 2.19. The first kappa shape index (κ1) is 8.42. The van der Waals surface area contributed by atoms with Crippen LogP contribution >= 0.6 is 0 Å². The van der Waals surface area contributed by atoms with Gasteiger partial charge >= 0.3 is 0 Å². The maximum atomic E-state index is 13.6. The lowest BCUT2D eigenvalue weighted by molar-refractivity contribution is -0.113. The lowest BCUT2D eigenvalue weighted by atomic mass is 9.83. The zero-order chi connectivity index (χ0) is 9.26. The Bertz CT molecular complexity index is 322. The van der Waals surface area contributed by atoms with Gasteiger partial charge in [0.1, 0.15) is 12.5 Å². The smallest absolute Gasteiger partial charge is 0.135 e. The van der Waals surface area contributed by atoms with E-state index in [-0.39, 0.29) is 0 Å². The highest BCUT2D eigenvalue weighted by atomic mass is 19.1. The zero-order valence-corrected chi connectivity index (χ0v) is 7.24. The number of hydrogen-bond acceptors (Lipinski definition) is 1. The Balaban J connectivity index is 2.38. The van der Waals surface area contributed by atoms with E-state index in [4.69, 9.17) is 0 Å². The molecule has 68 valence electrons. The predicted octanol–water partition coefficient (Wildman–Crippen LogP) is 2.46. The van der Waals surface area contributed by atoms with E-state index < -0.39 is 12.1 Å². The van der Waals surface area contributed by atoms with Crippen LogP contribution in [0.5, 0.6) is 0 Å². The molecule has 2 unspecified atom stereocenters. The van der Waals surface area contributed by atoms with Crippen LogP contribution in [0.4, 0.5) is 4.39 Å². The van der Waals surface area contributed by atoms with Crippen LogP contribution in [0.3, 0.4) is 0 Å². The first-order valence-electron chi connectivity index (χ1n) is 4.50. The van der Waals surface area contributed by atoms with Crippen LogP contribution in [-0.4, -0.2) is 6.29 Å². The van der Waals surface area contributed by atoms with Crippen molar-refractivity contribution in [2.24, 2.45) is 5.92 Å². The van der Waals surface area contributed by atoms with Crippen LogP contribution in [0.15, 0.2) is 24.3 Å². The Kier molecular flexibility index (Phi) is 2.13. The molecule has 0 saturated heterocycles. The van der Waals surface area contributed by atoms with Crippen molar-refractivity contribution in [2.75, 3.05) is 0 Å². The fraction of sp³-hybridized carbons (Fsp3) is 0.364. The van der Waals surface area contributed by atoms with E-state index in [1.165, 1.54) is 0 Å². The monoisotopic (exact) mass is 178 g/mol. The second kappa shape index (κ2) is 3.29. The molecular formula is C11H11FO. The summed E-state index contributed by atoms with van der Waals surface area (Å²) in [5.74, 6) is -0.435. The number of aldehydes is 1. The van der Waals surface area contributed by atoms with E-state index in [0.29, 0.717) is 12.0 Å². The Morgan fingerprint density at radius 2 is 2.15 bits per heavy atom. The fourth-order valence-corrected chi connectivity index (χ4v) is 1.87. The number of rotatable bonds is 1. The first-order chi connectivity index (χ1) is 6.33. The summed E-state index contributed by atoms with van der Waals surface area (Å²) in [6.45, 7) is 0. The minimum Gasteiger partial charge on any atom is -0.303 e. The number of fused-ring (bicyclic) bond motifs is 1. The van der Waals surface area contributed by atoms with Crippen molar-refractivity contribution in [2.45, 2.75) is 19.0 Å². The lowest BCUT2D eigenvalue weighted by Crippen LogP contribution is -2.18. The van der Waals surface area contributed by atoms with Crippen LogP contribution < -0.4 is 0 Å². The molecule has 2 atom stereocenters. The Hall–Kier alpha value is -1.18. The van der Waals surface area contributed by atoms with Crippen molar-refractivity contribution in [1.29, 1.82) is 0 Å². The summed E-state index contributed by atoms with van der Waals surface area (Å²) in [6, 6.07) is 7.43. The third-order valence-electron chi connectivity index (χ3n) is 2.65. The molecule has 1 aromatic rings. The Morgan fingerprint density at radius 3 is 2.92 bits per heavy atom. The van der Waals surface area contributed by atoms with Gasteiger partial charge in [0, 0.05) is 0 Å². The van der Waals surface area contributed by atoms with Gasteiger partial charge in [-0.3, -0.25) is 0 Å². The van der Waals surface area contributed by atoms with Gasteiger partial charge in [0.25, 0.3) is 0 Å². The predicted molar refractivity (Wildman–Crippen MR) is 48.2 cm³/mol. The topological polar surface area (TPSA) is 17.1 Å². The van der Waals surface area contributed by atoms with Gasteiger partial charge in [-0.05, 0) is 24.0 Å². The number of aryl methyl sites for hydroxylation is 1. The molecule has 1 aromatic carbocycles. The first-order valence-corrected chi connectivity index (χ1v) is 4.50. The highest BCUT2D eigenvalue weighted by Crippen LogP contribution is 2.35. The second-order valence-electron chi connectivity index (χ2n) is 3.44. The van der Waals surface area contributed by atoms with Crippen LogP contribution in [0.1, 0.15) is 23.7 Å². The molecule has 0 N–H and O–H groups in total. The van der Waals surface area contributed by atoms with Crippen molar-refractivity contribution in [1.82, 2.24) is 0 Å². The van der Waals surface area contributed by atoms with Crippen LogP contribution in [-0.2, 0) is 11.2 Å². The van der Waals surface area contributed by atoms with Crippen LogP contribution in [0.2, 0.25) is 0 Å². The summed E-state index contributed by atoms with van der Waals surface area (Å²) in [4.78, 5) is 10.5.